The lowest BCUT2D eigenvalue weighted by molar-refractivity contribution is -0.128. The van der Waals surface area contributed by atoms with Gasteiger partial charge in [-0.1, -0.05) is 19.1 Å². The van der Waals surface area contributed by atoms with Gasteiger partial charge in [0.25, 0.3) is 0 Å². The van der Waals surface area contributed by atoms with E-state index >= 15 is 0 Å². The van der Waals surface area contributed by atoms with Gasteiger partial charge in [-0.3, -0.25) is 9.59 Å². The van der Waals surface area contributed by atoms with Gasteiger partial charge in [-0.05, 0) is 31.0 Å². The summed E-state index contributed by atoms with van der Waals surface area (Å²) in [5, 5.41) is 2.85. The van der Waals surface area contributed by atoms with E-state index in [-0.39, 0.29) is 23.8 Å². The van der Waals surface area contributed by atoms with E-state index in [4.69, 9.17) is 5.73 Å². The van der Waals surface area contributed by atoms with Gasteiger partial charge in [0.15, 0.2) is 0 Å². The van der Waals surface area contributed by atoms with E-state index in [0.29, 0.717) is 13.0 Å². The molecule has 2 rings (SSSR count). The summed E-state index contributed by atoms with van der Waals surface area (Å²) in [5.41, 5.74) is 7.55. The molecule has 114 valence electrons. The lowest BCUT2D eigenvalue weighted by Crippen LogP contribution is -2.34. The number of amides is 2. The Kier molecular flexibility index (Phi) is 4.96. The van der Waals surface area contributed by atoms with Crippen molar-refractivity contribution in [2.24, 2.45) is 11.7 Å². The number of nitrogens with zero attached hydrogens (tertiary/aromatic N) is 1. The second kappa shape index (κ2) is 6.72. The van der Waals surface area contributed by atoms with Crippen molar-refractivity contribution in [2.75, 3.05) is 11.9 Å². The van der Waals surface area contributed by atoms with Crippen LogP contribution in [-0.2, 0) is 16.1 Å². The van der Waals surface area contributed by atoms with Crippen LogP contribution in [0.1, 0.15) is 32.3 Å². The normalized spacial score (nSPS) is 17.7. The van der Waals surface area contributed by atoms with Gasteiger partial charge in [-0.15, -0.1) is 0 Å². The number of rotatable bonds is 5. The Morgan fingerprint density at radius 3 is 2.52 bits per heavy atom. The first-order valence-corrected chi connectivity index (χ1v) is 7.40. The molecule has 1 aliphatic heterocycles. The molecule has 5 nitrogen and oxygen atoms in total. The first kappa shape index (κ1) is 15.5. The molecule has 0 bridgehead atoms. The van der Waals surface area contributed by atoms with E-state index in [2.05, 4.69) is 5.32 Å². The van der Waals surface area contributed by atoms with Gasteiger partial charge in [-0.2, -0.15) is 0 Å². The molecule has 5 heteroatoms. The number of benzene rings is 1. The molecule has 0 aliphatic carbocycles. The first-order chi connectivity index (χ1) is 9.97. The van der Waals surface area contributed by atoms with Crippen molar-refractivity contribution in [3.05, 3.63) is 29.8 Å². The molecule has 3 N–H and O–H groups in total. The third-order valence-corrected chi connectivity index (χ3v) is 3.97. The standard InChI is InChI=1S/C16H23N3O2/c1-11(12(2)17)16(21)18-14-7-5-13(6-8-14)10-19-9-3-4-15(19)20/h5-8,11-12H,3-4,9-10,17H2,1-2H3,(H,18,21). The van der Waals surface area contributed by atoms with Crippen LogP contribution in [0.5, 0.6) is 0 Å². The monoisotopic (exact) mass is 289 g/mol. The topological polar surface area (TPSA) is 75.4 Å². The van der Waals surface area contributed by atoms with Crippen molar-refractivity contribution in [1.82, 2.24) is 4.90 Å². The maximum atomic E-state index is 11.9. The molecule has 0 spiro atoms. The summed E-state index contributed by atoms with van der Waals surface area (Å²) >= 11 is 0. The van der Waals surface area contributed by atoms with Crippen LogP contribution in [0.3, 0.4) is 0 Å². The summed E-state index contributed by atoms with van der Waals surface area (Å²) in [5.74, 6) is -0.0856. The lowest BCUT2D eigenvalue weighted by atomic mass is 10.0. The maximum absolute atomic E-state index is 11.9. The summed E-state index contributed by atoms with van der Waals surface area (Å²) in [6.07, 6.45) is 1.60. The fourth-order valence-electron chi connectivity index (χ4n) is 2.28. The summed E-state index contributed by atoms with van der Waals surface area (Å²) in [7, 11) is 0. The number of hydrogen-bond acceptors (Lipinski definition) is 3. The van der Waals surface area contributed by atoms with Gasteiger partial charge in [0, 0.05) is 31.2 Å². The summed E-state index contributed by atoms with van der Waals surface area (Å²) in [6.45, 7) is 5.11. The highest BCUT2D eigenvalue weighted by Crippen LogP contribution is 2.17. The Morgan fingerprint density at radius 1 is 1.33 bits per heavy atom. The highest BCUT2D eigenvalue weighted by molar-refractivity contribution is 5.92. The van der Waals surface area contributed by atoms with E-state index in [0.717, 1.165) is 24.2 Å². The molecule has 1 saturated heterocycles. The Hall–Kier alpha value is -1.88. The molecule has 2 amide bonds. The van der Waals surface area contributed by atoms with Crippen LogP contribution in [-0.4, -0.2) is 29.3 Å². The van der Waals surface area contributed by atoms with Crippen molar-refractivity contribution in [1.29, 1.82) is 0 Å². The number of carbonyl (C=O) groups excluding carboxylic acids is 2. The van der Waals surface area contributed by atoms with E-state index in [9.17, 15) is 9.59 Å². The van der Waals surface area contributed by atoms with Crippen molar-refractivity contribution in [3.8, 4) is 0 Å². The second-order valence-corrected chi connectivity index (χ2v) is 5.75. The van der Waals surface area contributed by atoms with E-state index < -0.39 is 0 Å². The Morgan fingerprint density at radius 2 is 2.00 bits per heavy atom. The highest BCUT2D eigenvalue weighted by atomic mass is 16.2. The molecular weight excluding hydrogens is 266 g/mol. The molecule has 1 aromatic rings. The number of nitrogens with two attached hydrogens (primary N) is 1. The van der Waals surface area contributed by atoms with Gasteiger partial charge in [0.1, 0.15) is 0 Å². The smallest absolute Gasteiger partial charge is 0.228 e. The third-order valence-electron chi connectivity index (χ3n) is 3.97. The van der Waals surface area contributed by atoms with E-state index in [1.807, 2.05) is 43.0 Å². The summed E-state index contributed by atoms with van der Waals surface area (Å²) in [4.78, 5) is 25.4. The summed E-state index contributed by atoms with van der Waals surface area (Å²) in [6, 6.07) is 7.43. The fraction of sp³-hybridized carbons (Fsp3) is 0.500. The second-order valence-electron chi connectivity index (χ2n) is 5.75. The third kappa shape index (κ3) is 4.04. The minimum absolute atomic E-state index is 0.0764. The molecule has 0 radical (unpaired) electrons. The fourth-order valence-corrected chi connectivity index (χ4v) is 2.28. The molecule has 0 saturated carbocycles. The van der Waals surface area contributed by atoms with Crippen LogP contribution in [0.25, 0.3) is 0 Å². The zero-order valence-corrected chi connectivity index (χ0v) is 12.6. The minimum Gasteiger partial charge on any atom is -0.338 e. The lowest BCUT2D eigenvalue weighted by Gasteiger charge is -2.17. The zero-order valence-electron chi connectivity index (χ0n) is 12.6. The number of anilines is 1. The molecular formula is C16H23N3O2. The van der Waals surface area contributed by atoms with Gasteiger partial charge < -0.3 is 16.0 Å². The van der Waals surface area contributed by atoms with Gasteiger partial charge >= 0.3 is 0 Å². The van der Waals surface area contributed by atoms with Gasteiger partial charge in [-0.25, -0.2) is 0 Å². The number of likely N-dealkylation sites (tertiary alicyclic amines) is 1. The predicted octanol–water partition coefficient (Wildman–Crippen LogP) is 1.73. The average Bonchev–Trinajstić information content (AvgIpc) is 2.85. The summed E-state index contributed by atoms with van der Waals surface area (Å²) < 4.78 is 0. The van der Waals surface area contributed by atoms with Crippen LogP contribution < -0.4 is 11.1 Å². The van der Waals surface area contributed by atoms with Crippen LogP contribution in [0, 0.1) is 5.92 Å². The van der Waals surface area contributed by atoms with Crippen molar-refractivity contribution >= 4 is 17.5 Å². The number of nitrogens with one attached hydrogen (secondary N) is 1. The zero-order chi connectivity index (χ0) is 15.4. The Balaban J connectivity index is 1.92. The number of hydrogen-bond donors (Lipinski definition) is 2. The van der Waals surface area contributed by atoms with Crippen LogP contribution in [0.2, 0.25) is 0 Å². The predicted molar refractivity (Wildman–Crippen MR) is 82.5 cm³/mol. The minimum atomic E-state index is -0.230. The van der Waals surface area contributed by atoms with Crippen molar-refractivity contribution in [3.63, 3.8) is 0 Å². The quantitative estimate of drug-likeness (QED) is 0.867. The molecule has 1 fully saturated rings. The molecule has 1 aromatic carbocycles. The average molecular weight is 289 g/mol. The van der Waals surface area contributed by atoms with E-state index in [1.165, 1.54) is 0 Å². The molecule has 21 heavy (non-hydrogen) atoms. The van der Waals surface area contributed by atoms with Crippen molar-refractivity contribution < 1.29 is 9.59 Å². The molecule has 2 atom stereocenters. The molecule has 0 aromatic heterocycles. The first-order valence-electron chi connectivity index (χ1n) is 7.40. The van der Waals surface area contributed by atoms with Crippen molar-refractivity contribution in [2.45, 2.75) is 39.3 Å². The van der Waals surface area contributed by atoms with Crippen LogP contribution in [0.4, 0.5) is 5.69 Å². The van der Waals surface area contributed by atoms with Crippen LogP contribution in [0.15, 0.2) is 24.3 Å². The van der Waals surface area contributed by atoms with Crippen LogP contribution >= 0.6 is 0 Å². The van der Waals surface area contributed by atoms with Gasteiger partial charge in [0.2, 0.25) is 11.8 Å². The SMILES string of the molecule is CC(N)C(C)C(=O)Nc1ccc(CN2CCCC2=O)cc1. The molecule has 1 heterocycles. The Labute approximate surface area is 125 Å². The molecule has 2 unspecified atom stereocenters. The highest BCUT2D eigenvalue weighted by Gasteiger charge is 2.20. The van der Waals surface area contributed by atoms with Gasteiger partial charge in [0.05, 0.1) is 5.92 Å². The largest absolute Gasteiger partial charge is 0.338 e. The van der Waals surface area contributed by atoms with E-state index in [1.54, 1.807) is 0 Å². The maximum Gasteiger partial charge on any atom is 0.228 e. The molecule has 1 aliphatic rings. The number of carbonyl (C=O) groups is 2. The Bertz CT molecular complexity index is 511.